The molecule has 0 unspecified atom stereocenters. The molecule has 180 valence electrons. The summed E-state index contributed by atoms with van der Waals surface area (Å²) in [5.41, 5.74) is 8.51. The summed E-state index contributed by atoms with van der Waals surface area (Å²) < 4.78 is 0. The summed E-state index contributed by atoms with van der Waals surface area (Å²) in [6.45, 7) is 0.813. The number of nitrogens with one attached hydrogen (secondary N) is 1. The van der Waals surface area contributed by atoms with E-state index in [-0.39, 0.29) is 0 Å². The van der Waals surface area contributed by atoms with Crippen molar-refractivity contribution in [1.29, 1.82) is 0 Å². The first-order chi connectivity index (χ1) is 18.8. The van der Waals surface area contributed by atoms with E-state index in [1.807, 2.05) is 12.1 Å². The second-order valence-electron chi connectivity index (χ2n) is 9.50. The maximum Gasteiger partial charge on any atom is 0.160 e. The Hall–Kier alpha value is -5.02. The maximum atomic E-state index is 5.22. The van der Waals surface area contributed by atoms with Crippen molar-refractivity contribution in [3.05, 3.63) is 139 Å². The normalized spacial score (nSPS) is 12.9. The van der Waals surface area contributed by atoms with E-state index in [0.717, 1.165) is 67.9 Å². The third-order valence-electron chi connectivity index (χ3n) is 7.06. The zero-order valence-electron chi connectivity index (χ0n) is 20.8. The molecule has 0 spiro atoms. The molecule has 1 N–H and O–H groups in total. The SMILES string of the molecule is C1=CCNC(c2cc(-c3ccccc3)cc(-c3nc(-c4ccccc4)c4ccc5ccccc5c4n3)c2)=C1. The van der Waals surface area contributed by atoms with Crippen LogP contribution >= 0.6 is 0 Å². The minimum atomic E-state index is 0.721. The minimum Gasteiger partial charge on any atom is -0.381 e. The number of fused-ring (bicyclic) bond motifs is 3. The van der Waals surface area contributed by atoms with Gasteiger partial charge in [0, 0.05) is 34.1 Å². The van der Waals surface area contributed by atoms with Gasteiger partial charge in [-0.15, -0.1) is 0 Å². The average molecular weight is 488 g/mol. The fraction of sp³-hybridized carbons (Fsp3) is 0.0286. The summed E-state index contributed by atoms with van der Waals surface area (Å²) in [6, 6.07) is 40.3. The van der Waals surface area contributed by atoms with E-state index in [1.165, 1.54) is 5.39 Å². The maximum absolute atomic E-state index is 5.22. The molecule has 0 aliphatic carbocycles. The van der Waals surface area contributed by atoms with Gasteiger partial charge in [0.15, 0.2) is 5.82 Å². The molecule has 1 aliphatic rings. The predicted octanol–water partition coefficient (Wildman–Crippen LogP) is 8.28. The third-order valence-corrected chi connectivity index (χ3v) is 7.06. The van der Waals surface area contributed by atoms with Gasteiger partial charge in [-0.1, -0.05) is 103 Å². The van der Waals surface area contributed by atoms with Gasteiger partial charge in [-0.3, -0.25) is 0 Å². The zero-order chi connectivity index (χ0) is 25.3. The smallest absolute Gasteiger partial charge is 0.160 e. The molecule has 5 aromatic carbocycles. The highest BCUT2D eigenvalue weighted by atomic mass is 14.9. The lowest BCUT2D eigenvalue weighted by atomic mass is 9.96. The van der Waals surface area contributed by atoms with Crippen molar-refractivity contribution in [2.75, 3.05) is 6.54 Å². The molecule has 0 atom stereocenters. The van der Waals surface area contributed by atoms with Crippen molar-refractivity contribution in [2.24, 2.45) is 0 Å². The minimum absolute atomic E-state index is 0.721. The molecule has 0 saturated carbocycles. The zero-order valence-corrected chi connectivity index (χ0v) is 20.8. The van der Waals surface area contributed by atoms with Crippen molar-refractivity contribution < 1.29 is 0 Å². The molecule has 1 aromatic heterocycles. The molecule has 0 saturated heterocycles. The van der Waals surface area contributed by atoms with Crippen LogP contribution in [0.5, 0.6) is 0 Å². The molecule has 0 amide bonds. The standard InChI is InChI=1S/C35H25N3/c1-3-11-24(12-4-1)27-21-28(32-17-9-10-20-36-32)23-29(22-27)35-37-33(26-14-5-2-6-15-26)31-19-18-25-13-7-8-16-30(25)34(31)38-35/h1-19,21-23,36H,20H2. The van der Waals surface area contributed by atoms with E-state index in [4.69, 9.17) is 9.97 Å². The van der Waals surface area contributed by atoms with E-state index < -0.39 is 0 Å². The lowest BCUT2D eigenvalue weighted by Gasteiger charge is -2.16. The number of benzene rings is 5. The first-order valence-electron chi connectivity index (χ1n) is 12.9. The number of rotatable bonds is 4. The van der Waals surface area contributed by atoms with Gasteiger partial charge in [0.1, 0.15) is 0 Å². The van der Waals surface area contributed by atoms with Crippen molar-refractivity contribution >= 4 is 27.4 Å². The van der Waals surface area contributed by atoms with Crippen LogP contribution in [0.4, 0.5) is 0 Å². The van der Waals surface area contributed by atoms with E-state index in [2.05, 4.69) is 127 Å². The molecule has 3 heteroatoms. The number of aromatic nitrogens is 2. The summed E-state index contributed by atoms with van der Waals surface area (Å²) in [6.07, 6.45) is 6.35. The van der Waals surface area contributed by atoms with Crippen LogP contribution in [0.15, 0.2) is 133 Å². The quantitative estimate of drug-likeness (QED) is 0.254. The highest BCUT2D eigenvalue weighted by molar-refractivity contribution is 6.09. The molecule has 7 rings (SSSR count). The van der Waals surface area contributed by atoms with Gasteiger partial charge in [-0.25, -0.2) is 9.97 Å². The Bertz CT molecular complexity index is 1850. The van der Waals surface area contributed by atoms with Crippen LogP contribution in [0.2, 0.25) is 0 Å². The molecule has 38 heavy (non-hydrogen) atoms. The highest BCUT2D eigenvalue weighted by Crippen LogP contribution is 2.35. The first kappa shape index (κ1) is 22.2. The molecule has 1 aliphatic heterocycles. The fourth-order valence-corrected chi connectivity index (χ4v) is 5.18. The molecular formula is C35H25N3. The fourth-order valence-electron chi connectivity index (χ4n) is 5.18. The Labute approximate surface area is 221 Å². The van der Waals surface area contributed by atoms with Crippen molar-refractivity contribution in [2.45, 2.75) is 0 Å². The van der Waals surface area contributed by atoms with Gasteiger partial charge in [0.25, 0.3) is 0 Å². The monoisotopic (exact) mass is 487 g/mol. The average Bonchev–Trinajstić information content (AvgIpc) is 3.01. The third kappa shape index (κ3) is 4.04. The molecule has 3 nitrogen and oxygen atoms in total. The number of dihydropyridines is 1. The molecule has 2 heterocycles. The topological polar surface area (TPSA) is 37.8 Å². The summed E-state index contributed by atoms with van der Waals surface area (Å²) in [5.74, 6) is 0.721. The molecule has 6 aromatic rings. The first-order valence-corrected chi connectivity index (χ1v) is 12.9. The molecule has 0 fully saturated rings. The Balaban J connectivity index is 1.52. The Morgan fingerprint density at radius 3 is 2.05 bits per heavy atom. The van der Waals surface area contributed by atoms with E-state index >= 15 is 0 Å². The van der Waals surface area contributed by atoms with Crippen LogP contribution in [-0.4, -0.2) is 16.5 Å². The van der Waals surface area contributed by atoms with Crippen LogP contribution in [0.3, 0.4) is 0 Å². The van der Waals surface area contributed by atoms with E-state index in [1.54, 1.807) is 0 Å². The van der Waals surface area contributed by atoms with Crippen LogP contribution in [-0.2, 0) is 0 Å². The van der Waals surface area contributed by atoms with Gasteiger partial charge in [-0.2, -0.15) is 0 Å². The Morgan fingerprint density at radius 2 is 1.26 bits per heavy atom. The Kier molecular flexibility index (Phi) is 5.52. The lowest BCUT2D eigenvalue weighted by Crippen LogP contribution is -2.14. The number of hydrogen-bond acceptors (Lipinski definition) is 3. The van der Waals surface area contributed by atoms with Gasteiger partial charge in [0.2, 0.25) is 0 Å². The largest absolute Gasteiger partial charge is 0.381 e. The summed E-state index contributed by atoms with van der Waals surface area (Å²) in [5, 5.41) is 6.88. The number of hydrogen-bond donors (Lipinski definition) is 1. The van der Waals surface area contributed by atoms with Crippen LogP contribution in [0, 0.1) is 0 Å². The van der Waals surface area contributed by atoms with Gasteiger partial charge in [-0.05, 0) is 52.4 Å². The molecular weight excluding hydrogens is 462 g/mol. The summed E-state index contributed by atoms with van der Waals surface area (Å²) >= 11 is 0. The second-order valence-corrected chi connectivity index (χ2v) is 9.50. The number of nitrogens with zero attached hydrogens (tertiary/aromatic N) is 2. The summed E-state index contributed by atoms with van der Waals surface area (Å²) in [7, 11) is 0. The lowest BCUT2D eigenvalue weighted by molar-refractivity contribution is 0.995. The van der Waals surface area contributed by atoms with Crippen LogP contribution in [0.1, 0.15) is 5.56 Å². The molecule has 0 radical (unpaired) electrons. The predicted molar refractivity (Wildman–Crippen MR) is 158 cm³/mol. The van der Waals surface area contributed by atoms with Crippen molar-refractivity contribution in [3.63, 3.8) is 0 Å². The van der Waals surface area contributed by atoms with Gasteiger partial charge < -0.3 is 5.32 Å². The Morgan fingerprint density at radius 1 is 0.553 bits per heavy atom. The van der Waals surface area contributed by atoms with Crippen molar-refractivity contribution in [1.82, 2.24) is 15.3 Å². The molecule has 0 bridgehead atoms. The van der Waals surface area contributed by atoms with Gasteiger partial charge in [0.05, 0.1) is 11.2 Å². The second kappa shape index (κ2) is 9.45. The summed E-state index contributed by atoms with van der Waals surface area (Å²) in [4.78, 5) is 10.4. The number of allylic oxidation sites excluding steroid dienone is 2. The van der Waals surface area contributed by atoms with E-state index in [0.29, 0.717) is 0 Å². The van der Waals surface area contributed by atoms with Gasteiger partial charge >= 0.3 is 0 Å². The highest BCUT2D eigenvalue weighted by Gasteiger charge is 2.16. The van der Waals surface area contributed by atoms with Crippen LogP contribution in [0.25, 0.3) is 61.1 Å². The van der Waals surface area contributed by atoms with Crippen LogP contribution < -0.4 is 5.32 Å². The van der Waals surface area contributed by atoms with E-state index in [9.17, 15) is 0 Å². The van der Waals surface area contributed by atoms with Crippen molar-refractivity contribution in [3.8, 4) is 33.8 Å².